The minimum Gasteiger partial charge on any atom is -0.426 e. The Labute approximate surface area is 202 Å². The molecule has 0 saturated carbocycles. The van der Waals surface area contributed by atoms with Crippen LogP contribution in [0.3, 0.4) is 0 Å². The number of carbonyl (C=O) groups excluding carboxylic acids is 4. The van der Waals surface area contributed by atoms with Gasteiger partial charge in [-0.25, -0.2) is 9.78 Å². The number of nitrogens with zero attached hydrogens (tertiary/aromatic N) is 3. The molecule has 1 fully saturated rings. The van der Waals surface area contributed by atoms with Crippen LogP contribution in [0.2, 0.25) is 0 Å². The van der Waals surface area contributed by atoms with E-state index in [1.54, 1.807) is 0 Å². The van der Waals surface area contributed by atoms with E-state index in [2.05, 4.69) is 15.5 Å². The maximum atomic E-state index is 13.0. The lowest BCUT2D eigenvalue weighted by Crippen LogP contribution is -2.71. The van der Waals surface area contributed by atoms with Gasteiger partial charge in [-0.2, -0.15) is 0 Å². The number of anilines is 1. The molecule has 13 nitrogen and oxygen atoms in total. The zero-order valence-electron chi connectivity index (χ0n) is 18.7. The topological polar surface area (TPSA) is 172 Å². The molecule has 2 amide bonds. The summed E-state index contributed by atoms with van der Waals surface area (Å²) < 4.78 is 15.2. The van der Waals surface area contributed by atoms with Crippen molar-refractivity contribution >= 4 is 57.7 Å². The predicted molar refractivity (Wildman–Crippen MR) is 121 cm³/mol. The van der Waals surface area contributed by atoms with Crippen LogP contribution < -0.4 is 11.1 Å². The molecule has 0 aliphatic carbocycles. The highest BCUT2D eigenvalue weighted by atomic mass is 32.2. The van der Waals surface area contributed by atoms with Gasteiger partial charge in [0.05, 0.1) is 6.61 Å². The highest BCUT2D eigenvalue weighted by Crippen LogP contribution is 2.40. The molecule has 3 atom stereocenters. The van der Waals surface area contributed by atoms with Gasteiger partial charge < -0.3 is 30.1 Å². The van der Waals surface area contributed by atoms with Gasteiger partial charge in [-0.3, -0.25) is 19.3 Å². The Morgan fingerprint density at radius 3 is 2.68 bits per heavy atom. The first kappa shape index (κ1) is 25.5. The lowest BCUT2D eigenvalue weighted by molar-refractivity contribution is -0.182. The second kappa shape index (κ2) is 10.8. The van der Waals surface area contributed by atoms with Crippen molar-refractivity contribution in [2.24, 2.45) is 5.16 Å². The van der Waals surface area contributed by atoms with Crippen molar-refractivity contribution in [1.82, 2.24) is 15.2 Å². The highest BCUT2D eigenvalue weighted by Gasteiger charge is 2.55. The monoisotopic (exact) mass is 513 g/mol. The Kier molecular flexibility index (Phi) is 8.11. The molecule has 0 spiro atoms. The molecule has 1 aromatic heterocycles. The normalized spacial score (nSPS) is 20.8. The summed E-state index contributed by atoms with van der Waals surface area (Å²) in [4.78, 5) is 59.8. The Hall–Kier alpha value is -3.17. The van der Waals surface area contributed by atoms with Gasteiger partial charge in [-0.1, -0.05) is 5.16 Å². The zero-order valence-corrected chi connectivity index (χ0v) is 20.4. The average molecular weight is 514 g/mol. The maximum absolute atomic E-state index is 13.0. The molecule has 34 heavy (non-hydrogen) atoms. The number of carbonyl (C=O) groups is 4. The number of nitrogens with one attached hydrogen (secondary N) is 1. The van der Waals surface area contributed by atoms with Crippen molar-refractivity contribution in [3.63, 3.8) is 0 Å². The first-order chi connectivity index (χ1) is 16.2. The number of thiazole rings is 1. The van der Waals surface area contributed by atoms with Crippen LogP contribution in [0.25, 0.3) is 0 Å². The third-order valence-corrected chi connectivity index (χ3v) is 6.63. The lowest BCUT2D eigenvalue weighted by Gasteiger charge is -2.49. The van der Waals surface area contributed by atoms with E-state index >= 15 is 0 Å². The smallest absolute Gasteiger partial charge is 0.358 e. The number of hydrogen-bond donors (Lipinski definition) is 2. The number of aromatic nitrogens is 1. The Morgan fingerprint density at radius 2 is 2.09 bits per heavy atom. The molecule has 3 heterocycles. The molecule has 2 unspecified atom stereocenters. The second-order valence-electron chi connectivity index (χ2n) is 7.02. The van der Waals surface area contributed by atoms with Crippen LogP contribution in [-0.2, 0) is 38.2 Å². The Bertz CT molecular complexity index is 1060. The van der Waals surface area contributed by atoms with E-state index in [1.807, 2.05) is 0 Å². The number of fused-ring (bicyclic) bond motifs is 1. The summed E-state index contributed by atoms with van der Waals surface area (Å²) in [7, 11) is 2.73. The van der Waals surface area contributed by atoms with Crippen molar-refractivity contribution in [3.05, 3.63) is 22.3 Å². The fourth-order valence-electron chi connectivity index (χ4n) is 3.32. The van der Waals surface area contributed by atoms with E-state index in [0.29, 0.717) is 11.3 Å². The van der Waals surface area contributed by atoms with Gasteiger partial charge in [-0.15, -0.1) is 23.1 Å². The molecule has 0 bridgehead atoms. The quantitative estimate of drug-likeness (QED) is 0.148. The molecule has 0 aromatic carbocycles. The number of rotatable bonds is 9. The SMILES string of the molecule is COCC1=C(C(=O)OC(C)OC(C)=O)N2C(=O)C(NC(=O)C(=NOC)c3csc(N)n3)[C@@H]2SC1. The van der Waals surface area contributed by atoms with Gasteiger partial charge in [0.25, 0.3) is 11.8 Å². The van der Waals surface area contributed by atoms with Crippen LogP contribution in [-0.4, -0.2) is 83.6 Å². The molecule has 1 saturated heterocycles. The molecule has 3 rings (SSSR count). The number of amides is 2. The molecule has 2 aliphatic rings. The number of hydrogen-bond acceptors (Lipinski definition) is 13. The molecule has 184 valence electrons. The lowest BCUT2D eigenvalue weighted by atomic mass is 10.0. The molecule has 0 radical (unpaired) electrons. The highest BCUT2D eigenvalue weighted by molar-refractivity contribution is 8.00. The third-order valence-electron chi connectivity index (χ3n) is 4.61. The van der Waals surface area contributed by atoms with Gasteiger partial charge in [0, 0.05) is 32.1 Å². The maximum Gasteiger partial charge on any atom is 0.358 e. The summed E-state index contributed by atoms with van der Waals surface area (Å²) in [6.45, 7) is 2.65. The Balaban J connectivity index is 1.78. The molecular weight excluding hydrogens is 490 g/mol. The summed E-state index contributed by atoms with van der Waals surface area (Å²) in [6.07, 6.45) is -1.15. The third kappa shape index (κ3) is 5.31. The van der Waals surface area contributed by atoms with Crippen LogP contribution >= 0.6 is 23.1 Å². The van der Waals surface area contributed by atoms with E-state index < -0.39 is 41.5 Å². The number of methoxy groups -OCH3 is 1. The van der Waals surface area contributed by atoms with Gasteiger partial charge in [-0.05, 0) is 5.57 Å². The van der Waals surface area contributed by atoms with E-state index in [9.17, 15) is 19.2 Å². The molecule has 15 heteroatoms. The van der Waals surface area contributed by atoms with Crippen molar-refractivity contribution in [2.75, 3.05) is 32.3 Å². The van der Waals surface area contributed by atoms with Crippen LogP contribution in [0, 0.1) is 0 Å². The summed E-state index contributed by atoms with van der Waals surface area (Å²) in [6, 6.07) is -0.937. The average Bonchev–Trinajstić information content (AvgIpc) is 3.20. The van der Waals surface area contributed by atoms with Crippen LogP contribution in [0.4, 0.5) is 5.13 Å². The van der Waals surface area contributed by atoms with Gasteiger partial charge >= 0.3 is 11.9 Å². The number of nitrogens with two attached hydrogens (primary N) is 1. The van der Waals surface area contributed by atoms with Crippen molar-refractivity contribution < 1.29 is 38.2 Å². The van der Waals surface area contributed by atoms with Gasteiger partial charge in [0.2, 0.25) is 6.29 Å². The van der Waals surface area contributed by atoms with E-state index in [4.69, 9.17) is 24.8 Å². The summed E-state index contributed by atoms with van der Waals surface area (Å²) >= 11 is 2.47. The predicted octanol–water partition coefficient (Wildman–Crippen LogP) is -0.171. The first-order valence-corrected chi connectivity index (χ1v) is 11.8. The second-order valence-corrected chi connectivity index (χ2v) is 9.02. The number of β-lactam (4-membered cyclic amide) rings is 1. The fourth-order valence-corrected chi connectivity index (χ4v) is 5.20. The van der Waals surface area contributed by atoms with E-state index in [0.717, 1.165) is 11.3 Å². The van der Waals surface area contributed by atoms with E-state index in [1.165, 1.54) is 50.1 Å². The number of thioether (sulfide) groups is 1. The van der Waals surface area contributed by atoms with Gasteiger partial charge in [0.15, 0.2) is 10.8 Å². The summed E-state index contributed by atoms with van der Waals surface area (Å²) in [5.41, 5.74) is 6.22. The van der Waals surface area contributed by atoms with Crippen LogP contribution in [0.5, 0.6) is 0 Å². The number of esters is 2. The number of nitrogen functional groups attached to an aromatic ring is 1. The number of ether oxygens (including phenoxy) is 3. The molecule has 3 N–H and O–H groups in total. The number of oxime groups is 1. The molecular formula is C19H23N5O8S2. The summed E-state index contributed by atoms with van der Waals surface area (Å²) in [5, 5.41) is 7.52. The van der Waals surface area contributed by atoms with E-state index in [-0.39, 0.29) is 28.8 Å². The molecule has 1 aromatic rings. The van der Waals surface area contributed by atoms with Crippen molar-refractivity contribution in [1.29, 1.82) is 0 Å². The minimum atomic E-state index is -1.15. The van der Waals surface area contributed by atoms with Crippen molar-refractivity contribution in [2.45, 2.75) is 31.6 Å². The fraction of sp³-hybridized carbons (Fsp3) is 0.474. The first-order valence-electron chi connectivity index (χ1n) is 9.85. The zero-order chi connectivity index (χ0) is 25.0. The minimum absolute atomic E-state index is 0.00171. The Morgan fingerprint density at radius 1 is 1.35 bits per heavy atom. The summed E-state index contributed by atoms with van der Waals surface area (Å²) in [5.74, 6) is -2.33. The van der Waals surface area contributed by atoms with Crippen LogP contribution in [0.1, 0.15) is 19.5 Å². The molecule has 2 aliphatic heterocycles. The van der Waals surface area contributed by atoms with Crippen LogP contribution in [0.15, 0.2) is 21.8 Å². The standard InChI is InChI=1S/C19H23N5O8S2/c1-8(25)31-9(2)32-18(28)14-10(5-29-3)6-33-17-13(16(27)24(14)17)22-15(26)12(23-30-4)11-7-34-19(20)21-11/h7,9,13,17H,5-6H2,1-4H3,(H2,20,21)(H,22,26)/t9?,13?,17-/m0/s1. The van der Waals surface area contributed by atoms with Crippen molar-refractivity contribution in [3.8, 4) is 0 Å². The largest absolute Gasteiger partial charge is 0.426 e. The van der Waals surface area contributed by atoms with Gasteiger partial charge in [0.1, 0.15) is 29.9 Å².